The molecule has 26 heavy (non-hydrogen) atoms. The van der Waals surface area contributed by atoms with Crippen LogP contribution in [0.25, 0.3) is 0 Å². The zero-order valence-electron chi connectivity index (χ0n) is 15.6. The van der Waals surface area contributed by atoms with E-state index in [1.54, 1.807) is 0 Å². The van der Waals surface area contributed by atoms with Gasteiger partial charge in [-0.05, 0) is 19.8 Å². The number of aromatic nitrogens is 2. The highest BCUT2D eigenvalue weighted by Gasteiger charge is 2.40. The Kier molecular flexibility index (Phi) is 8.79. The summed E-state index contributed by atoms with van der Waals surface area (Å²) in [6, 6.07) is 0. The van der Waals surface area contributed by atoms with E-state index in [2.05, 4.69) is 15.0 Å². The minimum absolute atomic E-state index is 0. The molecule has 150 valence electrons. The minimum Gasteiger partial charge on any atom is -0.340 e. The summed E-state index contributed by atoms with van der Waals surface area (Å²) < 4.78 is 5.15. The van der Waals surface area contributed by atoms with Crippen molar-refractivity contribution in [2.24, 2.45) is 11.7 Å². The monoisotopic (exact) mass is 407 g/mol. The molecule has 0 radical (unpaired) electrons. The third kappa shape index (κ3) is 5.31. The van der Waals surface area contributed by atoms with E-state index >= 15 is 0 Å². The molecule has 1 aliphatic carbocycles. The van der Waals surface area contributed by atoms with Crippen LogP contribution in [0, 0.1) is 5.92 Å². The lowest BCUT2D eigenvalue weighted by atomic mass is 9.74. The Balaban J connectivity index is 0.00000169. The van der Waals surface area contributed by atoms with Crippen molar-refractivity contribution in [1.82, 2.24) is 19.9 Å². The Labute approximate surface area is 167 Å². The Morgan fingerprint density at radius 1 is 1.27 bits per heavy atom. The average Bonchev–Trinajstić information content (AvgIpc) is 3.02. The molecular weight excluding hydrogens is 377 g/mol. The number of carbonyl (C=O) groups is 1. The molecule has 1 aromatic heterocycles. The van der Waals surface area contributed by atoms with E-state index < -0.39 is 0 Å². The molecule has 0 aromatic carbocycles. The number of amides is 1. The predicted molar refractivity (Wildman–Crippen MR) is 105 cm³/mol. The van der Waals surface area contributed by atoms with Crippen LogP contribution in [-0.4, -0.2) is 57.6 Å². The highest BCUT2D eigenvalue weighted by molar-refractivity contribution is 5.85. The molecule has 2 aliphatic rings. The molecule has 3 rings (SSSR count). The van der Waals surface area contributed by atoms with E-state index in [1.165, 1.54) is 0 Å². The summed E-state index contributed by atoms with van der Waals surface area (Å²) in [7, 11) is 0. The highest BCUT2D eigenvalue weighted by Crippen LogP contribution is 2.33. The van der Waals surface area contributed by atoms with Gasteiger partial charge < -0.3 is 15.2 Å². The molecule has 1 amide bonds. The molecule has 9 heteroatoms. The number of carbonyl (C=O) groups excluding carboxylic acids is 1. The smallest absolute Gasteiger partial charge is 0.227 e. The fraction of sp³-hybridized carbons (Fsp3) is 0.824. The van der Waals surface area contributed by atoms with Crippen molar-refractivity contribution in [3.05, 3.63) is 11.7 Å². The molecule has 2 unspecified atom stereocenters. The number of nitrogens with zero attached hydrogens (tertiary/aromatic N) is 4. The zero-order valence-corrected chi connectivity index (χ0v) is 17.3. The fourth-order valence-electron chi connectivity index (χ4n) is 3.81. The number of rotatable bonds is 4. The Bertz CT molecular complexity index is 573. The lowest BCUT2D eigenvalue weighted by Gasteiger charge is -2.42. The molecule has 7 nitrogen and oxygen atoms in total. The van der Waals surface area contributed by atoms with Gasteiger partial charge in [-0.2, -0.15) is 4.98 Å². The quantitative estimate of drug-likeness (QED) is 0.820. The second kappa shape index (κ2) is 9.88. The van der Waals surface area contributed by atoms with Crippen molar-refractivity contribution in [2.45, 2.75) is 58.0 Å². The van der Waals surface area contributed by atoms with Gasteiger partial charge in [-0.3, -0.25) is 9.69 Å². The SMILES string of the molecule is CCc1nc(CN2CCN(C(=O)C3CCCCC3(C)N)CC2)no1.Cl.Cl. The lowest BCUT2D eigenvalue weighted by Crippen LogP contribution is -2.57. The molecule has 1 saturated carbocycles. The van der Waals surface area contributed by atoms with Gasteiger partial charge in [0.15, 0.2) is 5.82 Å². The van der Waals surface area contributed by atoms with Crippen molar-refractivity contribution in [1.29, 1.82) is 0 Å². The van der Waals surface area contributed by atoms with Gasteiger partial charge in [-0.15, -0.1) is 24.8 Å². The van der Waals surface area contributed by atoms with Gasteiger partial charge in [0.05, 0.1) is 12.5 Å². The van der Waals surface area contributed by atoms with Crippen LogP contribution in [0.5, 0.6) is 0 Å². The van der Waals surface area contributed by atoms with Gasteiger partial charge in [-0.25, -0.2) is 0 Å². The first kappa shape index (κ1) is 23.1. The Morgan fingerprint density at radius 3 is 2.54 bits per heavy atom. The van der Waals surface area contributed by atoms with E-state index in [0.29, 0.717) is 12.4 Å². The molecule has 1 saturated heterocycles. The van der Waals surface area contributed by atoms with Crippen LogP contribution in [0.1, 0.15) is 51.2 Å². The molecule has 1 aliphatic heterocycles. The van der Waals surface area contributed by atoms with E-state index in [-0.39, 0.29) is 42.2 Å². The second-order valence-corrected chi connectivity index (χ2v) is 7.36. The number of piperazine rings is 1. The van der Waals surface area contributed by atoms with Gasteiger partial charge >= 0.3 is 0 Å². The molecule has 2 atom stereocenters. The van der Waals surface area contributed by atoms with Crippen LogP contribution in [0.2, 0.25) is 0 Å². The molecule has 0 bridgehead atoms. The first-order chi connectivity index (χ1) is 11.5. The third-order valence-corrected chi connectivity index (χ3v) is 5.41. The van der Waals surface area contributed by atoms with Gasteiger partial charge in [0, 0.05) is 38.1 Å². The first-order valence-corrected chi connectivity index (χ1v) is 9.11. The molecular formula is C17H31Cl2N5O2. The molecule has 2 N–H and O–H groups in total. The normalized spacial score (nSPS) is 26.7. The van der Waals surface area contributed by atoms with E-state index in [1.807, 2.05) is 18.7 Å². The van der Waals surface area contributed by atoms with Gasteiger partial charge in [0.2, 0.25) is 11.8 Å². The number of hydrogen-bond donors (Lipinski definition) is 1. The van der Waals surface area contributed by atoms with Crippen LogP contribution in [0.15, 0.2) is 4.52 Å². The number of hydrogen-bond acceptors (Lipinski definition) is 6. The van der Waals surface area contributed by atoms with Gasteiger partial charge in [-0.1, -0.05) is 24.9 Å². The fourth-order valence-corrected chi connectivity index (χ4v) is 3.81. The van der Waals surface area contributed by atoms with Crippen LogP contribution in [-0.2, 0) is 17.8 Å². The third-order valence-electron chi connectivity index (χ3n) is 5.41. The maximum absolute atomic E-state index is 12.9. The maximum atomic E-state index is 12.9. The topological polar surface area (TPSA) is 88.5 Å². The summed E-state index contributed by atoms with van der Waals surface area (Å²) in [4.78, 5) is 21.5. The first-order valence-electron chi connectivity index (χ1n) is 9.11. The van der Waals surface area contributed by atoms with Crippen LogP contribution in [0.3, 0.4) is 0 Å². The van der Waals surface area contributed by atoms with Crippen LogP contribution in [0.4, 0.5) is 0 Å². The van der Waals surface area contributed by atoms with Gasteiger partial charge in [0.1, 0.15) is 0 Å². The second-order valence-electron chi connectivity index (χ2n) is 7.36. The molecule has 2 fully saturated rings. The Hall–Kier alpha value is -0.890. The lowest BCUT2D eigenvalue weighted by molar-refractivity contribution is -0.140. The summed E-state index contributed by atoms with van der Waals surface area (Å²) in [5.74, 6) is 1.63. The van der Waals surface area contributed by atoms with E-state index in [4.69, 9.17) is 10.3 Å². The van der Waals surface area contributed by atoms with Crippen molar-refractivity contribution in [2.75, 3.05) is 26.2 Å². The van der Waals surface area contributed by atoms with E-state index in [9.17, 15) is 4.79 Å². The summed E-state index contributed by atoms with van der Waals surface area (Å²) in [6.07, 6.45) is 4.87. The predicted octanol–water partition coefficient (Wildman–Crippen LogP) is 2.03. The Morgan fingerprint density at radius 2 is 1.96 bits per heavy atom. The molecule has 2 heterocycles. The average molecular weight is 408 g/mol. The summed E-state index contributed by atoms with van der Waals surface area (Å²) in [5, 5.41) is 4.00. The maximum Gasteiger partial charge on any atom is 0.227 e. The van der Waals surface area contributed by atoms with Crippen LogP contribution < -0.4 is 5.73 Å². The van der Waals surface area contributed by atoms with Crippen molar-refractivity contribution in [3.63, 3.8) is 0 Å². The minimum atomic E-state index is -0.354. The van der Waals surface area contributed by atoms with Crippen molar-refractivity contribution < 1.29 is 9.32 Å². The summed E-state index contributed by atoms with van der Waals surface area (Å²) >= 11 is 0. The van der Waals surface area contributed by atoms with Crippen LogP contribution >= 0.6 is 24.8 Å². The largest absolute Gasteiger partial charge is 0.340 e. The highest BCUT2D eigenvalue weighted by atomic mass is 35.5. The van der Waals surface area contributed by atoms with E-state index in [0.717, 1.165) is 64.1 Å². The zero-order chi connectivity index (χ0) is 17.2. The van der Waals surface area contributed by atoms with Crippen molar-refractivity contribution in [3.8, 4) is 0 Å². The summed E-state index contributed by atoms with van der Waals surface area (Å²) in [5.41, 5.74) is 6.04. The number of nitrogens with two attached hydrogens (primary N) is 1. The van der Waals surface area contributed by atoms with Crippen molar-refractivity contribution >= 4 is 30.7 Å². The molecule has 1 aromatic rings. The number of aryl methyl sites for hydroxylation is 1. The molecule has 0 spiro atoms. The summed E-state index contributed by atoms with van der Waals surface area (Å²) in [6.45, 7) is 7.91. The number of halogens is 2. The van der Waals surface area contributed by atoms with Gasteiger partial charge in [0.25, 0.3) is 0 Å². The standard InChI is InChI=1S/C17H29N5O2.2ClH/c1-3-15-19-14(20-24-15)12-21-8-10-22(11-9-21)16(23)13-6-4-5-7-17(13,2)18;;/h13H,3-12,18H2,1-2H3;2*1H.